The monoisotopic (exact) mass is 350 g/mol. The molecule has 1 aliphatic rings. The third-order valence-electron chi connectivity index (χ3n) is 4.81. The predicted molar refractivity (Wildman–Crippen MR) is 96.8 cm³/mol. The molecule has 1 aromatic rings. The van der Waals surface area contributed by atoms with Crippen LogP contribution in [0.4, 0.5) is 10.5 Å². The van der Waals surface area contributed by atoms with Crippen LogP contribution in [0.2, 0.25) is 0 Å². The van der Waals surface area contributed by atoms with Crippen LogP contribution in [0.15, 0.2) is 6.20 Å². The smallest absolute Gasteiger partial charge is 0.319 e. The van der Waals surface area contributed by atoms with E-state index in [0.717, 1.165) is 30.8 Å². The van der Waals surface area contributed by atoms with Crippen LogP contribution in [0.3, 0.4) is 0 Å². The summed E-state index contributed by atoms with van der Waals surface area (Å²) in [4.78, 5) is 23.3. The van der Waals surface area contributed by atoms with E-state index >= 15 is 0 Å². The molecule has 25 heavy (non-hydrogen) atoms. The average molecular weight is 350 g/mol. The first-order valence-electron chi connectivity index (χ1n) is 9.28. The SMILES string of the molecule is CCCCn1ncc(NC(=O)NC2CCC(C(=O)O)CC2)c1C(C)C. The Hall–Kier alpha value is -2.05. The minimum atomic E-state index is -0.732. The molecule has 1 heterocycles. The van der Waals surface area contributed by atoms with Gasteiger partial charge in [0.2, 0.25) is 0 Å². The lowest BCUT2D eigenvalue weighted by molar-refractivity contribution is -0.142. The van der Waals surface area contributed by atoms with Crippen molar-refractivity contribution in [2.75, 3.05) is 5.32 Å². The molecule has 140 valence electrons. The molecule has 0 atom stereocenters. The molecule has 1 aliphatic carbocycles. The highest BCUT2D eigenvalue weighted by Gasteiger charge is 2.27. The topological polar surface area (TPSA) is 96.3 Å². The molecule has 0 radical (unpaired) electrons. The van der Waals surface area contributed by atoms with Crippen molar-refractivity contribution in [3.05, 3.63) is 11.9 Å². The molecule has 0 aliphatic heterocycles. The summed E-state index contributed by atoms with van der Waals surface area (Å²) < 4.78 is 1.97. The van der Waals surface area contributed by atoms with Crippen LogP contribution in [-0.4, -0.2) is 32.9 Å². The molecular formula is C18H30N4O3. The molecule has 0 spiro atoms. The molecule has 0 bridgehead atoms. The van der Waals surface area contributed by atoms with E-state index in [4.69, 9.17) is 5.11 Å². The van der Waals surface area contributed by atoms with Crippen LogP contribution in [0.25, 0.3) is 0 Å². The van der Waals surface area contributed by atoms with Crippen molar-refractivity contribution in [1.29, 1.82) is 0 Å². The highest BCUT2D eigenvalue weighted by molar-refractivity contribution is 5.90. The Morgan fingerprint density at radius 1 is 1.32 bits per heavy atom. The molecule has 7 heteroatoms. The van der Waals surface area contributed by atoms with Crippen molar-refractivity contribution in [1.82, 2.24) is 15.1 Å². The number of anilines is 1. The summed E-state index contributed by atoms with van der Waals surface area (Å²) in [5.41, 5.74) is 1.79. The molecule has 0 saturated heterocycles. The standard InChI is InChI=1S/C18H30N4O3/c1-4-5-10-22-16(12(2)3)15(11-19-22)21-18(25)20-14-8-6-13(7-9-14)17(23)24/h11-14H,4-10H2,1-3H3,(H,23,24)(H2,20,21,25). The van der Waals surface area contributed by atoms with Gasteiger partial charge in [0.25, 0.3) is 0 Å². The van der Waals surface area contributed by atoms with Gasteiger partial charge in [0.15, 0.2) is 0 Å². The van der Waals surface area contributed by atoms with E-state index in [1.165, 1.54) is 0 Å². The zero-order chi connectivity index (χ0) is 18.4. The van der Waals surface area contributed by atoms with E-state index in [0.29, 0.717) is 25.7 Å². The number of aryl methyl sites for hydroxylation is 1. The Morgan fingerprint density at radius 3 is 2.56 bits per heavy atom. The van der Waals surface area contributed by atoms with Crippen LogP contribution < -0.4 is 10.6 Å². The molecule has 1 fully saturated rings. The summed E-state index contributed by atoms with van der Waals surface area (Å²) in [6.45, 7) is 7.18. The van der Waals surface area contributed by atoms with Crippen LogP contribution >= 0.6 is 0 Å². The molecule has 0 unspecified atom stereocenters. The van der Waals surface area contributed by atoms with E-state index in [1.54, 1.807) is 6.20 Å². The van der Waals surface area contributed by atoms with E-state index in [9.17, 15) is 9.59 Å². The van der Waals surface area contributed by atoms with E-state index in [1.807, 2.05) is 4.68 Å². The Labute approximate surface area is 149 Å². The summed E-state index contributed by atoms with van der Waals surface area (Å²) in [6, 6.07) is -0.205. The molecule has 2 rings (SSSR count). The van der Waals surface area contributed by atoms with E-state index in [2.05, 4.69) is 36.5 Å². The number of urea groups is 1. The number of carboxylic acids is 1. The van der Waals surface area contributed by atoms with Gasteiger partial charge < -0.3 is 15.7 Å². The molecule has 2 amide bonds. The molecule has 0 aromatic carbocycles. The Morgan fingerprint density at radius 2 is 2.00 bits per heavy atom. The van der Waals surface area contributed by atoms with Crippen molar-refractivity contribution >= 4 is 17.7 Å². The van der Waals surface area contributed by atoms with Crippen molar-refractivity contribution in [2.24, 2.45) is 5.92 Å². The van der Waals surface area contributed by atoms with Gasteiger partial charge in [-0.25, -0.2) is 4.79 Å². The number of amides is 2. The number of aromatic nitrogens is 2. The molecule has 7 nitrogen and oxygen atoms in total. The van der Waals surface area contributed by atoms with Gasteiger partial charge >= 0.3 is 12.0 Å². The van der Waals surface area contributed by atoms with Gasteiger partial charge in [-0.1, -0.05) is 27.2 Å². The fourth-order valence-corrected chi connectivity index (χ4v) is 3.41. The first kappa shape index (κ1) is 19.3. The summed E-state index contributed by atoms with van der Waals surface area (Å²) in [5.74, 6) is -0.741. The van der Waals surface area contributed by atoms with Crippen LogP contribution in [0.5, 0.6) is 0 Å². The average Bonchev–Trinajstić information content (AvgIpc) is 2.95. The van der Waals surface area contributed by atoms with Gasteiger partial charge in [0, 0.05) is 12.6 Å². The number of nitrogens with zero attached hydrogens (tertiary/aromatic N) is 2. The quantitative estimate of drug-likeness (QED) is 0.700. The van der Waals surface area contributed by atoms with Crippen LogP contribution in [0, 0.1) is 5.92 Å². The summed E-state index contributed by atoms with van der Waals surface area (Å²) in [6.07, 6.45) is 6.51. The number of carbonyl (C=O) groups excluding carboxylic acids is 1. The number of hydrogen-bond donors (Lipinski definition) is 3. The maximum Gasteiger partial charge on any atom is 0.319 e. The second-order valence-electron chi connectivity index (χ2n) is 7.16. The number of carbonyl (C=O) groups is 2. The second-order valence-corrected chi connectivity index (χ2v) is 7.16. The fraction of sp³-hybridized carbons (Fsp3) is 0.722. The number of unbranched alkanes of at least 4 members (excludes halogenated alkanes) is 1. The molecule has 3 N–H and O–H groups in total. The highest BCUT2D eigenvalue weighted by Crippen LogP contribution is 2.26. The van der Waals surface area contributed by atoms with Crippen molar-refractivity contribution in [3.8, 4) is 0 Å². The number of carboxylic acid groups (broad SMARTS) is 1. The lowest BCUT2D eigenvalue weighted by Gasteiger charge is -2.26. The fourth-order valence-electron chi connectivity index (χ4n) is 3.41. The first-order valence-corrected chi connectivity index (χ1v) is 9.28. The third-order valence-corrected chi connectivity index (χ3v) is 4.81. The van der Waals surface area contributed by atoms with Gasteiger partial charge in [0.1, 0.15) is 0 Å². The van der Waals surface area contributed by atoms with Crippen LogP contribution in [0.1, 0.15) is 70.9 Å². The molecule has 1 aromatic heterocycles. The highest BCUT2D eigenvalue weighted by atomic mass is 16.4. The van der Waals surface area contributed by atoms with Gasteiger partial charge in [-0.05, 0) is 38.0 Å². The van der Waals surface area contributed by atoms with Gasteiger partial charge in [-0.15, -0.1) is 0 Å². The predicted octanol–water partition coefficient (Wildman–Crippen LogP) is 3.57. The van der Waals surface area contributed by atoms with Crippen molar-refractivity contribution < 1.29 is 14.7 Å². The maximum absolute atomic E-state index is 12.3. The Bertz CT molecular complexity index is 589. The van der Waals surface area contributed by atoms with Crippen molar-refractivity contribution in [2.45, 2.75) is 77.8 Å². The lowest BCUT2D eigenvalue weighted by atomic mass is 9.86. The van der Waals surface area contributed by atoms with Gasteiger partial charge in [0.05, 0.1) is 23.5 Å². The largest absolute Gasteiger partial charge is 0.481 e. The van der Waals surface area contributed by atoms with E-state index < -0.39 is 5.97 Å². The van der Waals surface area contributed by atoms with Gasteiger partial charge in [-0.3, -0.25) is 9.48 Å². The number of nitrogens with one attached hydrogen (secondary N) is 2. The number of rotatable bonds is 7. The summed E-state index contributed by atoms with van der Waals surface area (Å²) >= 11 is 0. The molecule has 1 saturated carbocycles. The number of hydrogen-bond acceptors (Lipinski definition) is 3. The molecular weight excluding hydrogens is 320 g/mol. The van der Waals surface area contributed by atoms with E-state index in [-0.39, 0.29) is 23.9 Å². The normalized spacial score (nSPS) is 20.5. The summed E-state index contributed by atoms with van der Waals surface area (Å²) in [7, 11) is 0. The van der Waals surface area contributed by atoms with Gasteiger partial charge in [-0.2, -0.15) is 5.10 Å². The van der Waals surface area contributed by atoms with Crippen LogP contribution in [-0.2, 0) is 11.3 Å². The second kappa shape index (κ2) is 8.87. The third kappa shape index (κ3) is 5.21. The van der Waals surface area contributed by atoms with Crippen molar-refractivity contribution in [3.63, 3.8) is 0 Å². The first-order chi connectivity index (χ1) is 11.9. The zero-order valence-corrected chi connectivity index (χ0v) is 15.4. The maximum atomic E-state index is 12.3. The Balaban J connectivity index is 1.92. The number of aliphatic carboxylic acids is 1. The Kier molecular flexibility index (Phi) is 6.84. The summed E-state index contributed by atoms with van der Waals surface area (Å²) in [5, 5.41) is 19.3. The lowest BCUT2D eigenvalue weighted by Crippen LogP contribution is -2.41. The zero-order valence-electron chi connectivity index (χ0n) is 15.4. The minimum Gasteiger partial charge on any atom is -0.481 e. The minimum absolute atomic E-state index is 0.0354.